The molecule has 11 nitrogen and oxygen atoms in total. The molecule has 2 aromatic carbocycles. The van der Waals surface area contributed by atoms with Gasteiger partial charge in [-0.1, -0.05) is 30.3 Å². The zero-order chi connectivity index (χ0) is 29.3. The maximum atomic E-state index is 13.5. The first-order chi connectivity index (χ1) is 20.5. The van der Waals surface area contributed by atoms with E-state index < -0.39 is 5.92 Å². The third kappa shape index (κ3) is 7.54. The van der Waals surface area contributed by atoms with E-state index in [1.807, 2.05) is 42.5 Å². The number of hydrogen-bond donors (Lipinski definition) is 2. The number of nitrogens with zero attached hydrogens (tertiary/aromatic N) is 3. The van der Waals surface area contributed by atoms with Crippen molar-refractivity contribution in [1.29, 1.82) is 0 Å². The van der Waals surface area contributed by atoms with Crippen molar-refractivity contribution in [3.63, 3.8) is 0 Å². The van der Waals surface area contributed by atoms with Gasteiger partial charge in [0.2, 0.25) is 11.8 Å². The molecule has 1 saturated heterocycles. The van der Waals surface area contributed by atoms with Gasteiger partial charge in [0, 0.05) is 57.5 Å². The number of benzene rings is 2. The quantitative estimate of drug-likeness (QED) is 0.459. The van der Waals surface area contributed by atoms with Crippen molar-refractivity contribution in [2.45, 2.75) is 25.2 Å². The molecule has 0 unspecified atom stereocenters. The number of nitrogens with one attached hydrogen (secondary N) is 2. The Balaban J connectivity index is 1.25. The Morgan fingerprint density at radius 2 is 1.76 bits per heavy atom. The van der Waals surface area contributed by atoms with Crippen LogP contribution >= 0.6 is 0 Å². The lowest BCUT2D eigenvalue weighted by Gasteiger charge is -2.25. The number of hydrogen-bond acceptors (Lipinski definition) is 7. The number of aromatic nitrogens is 2. The maximum absolute atomic E-state index is 13.5. The first kappa shape index (κ1) is 28.8. The number of amides is 3. The van der Waals surface area contributed by atoms with Gasteiger partial charge in [0.25, 0.3) is 11.5 Å². The Kier molecular flexibility index (Phi) is 9.48. The Morgan fingerprint density at radius 1 is 0.929 bits per heavy atom. The number of aryl methyl sites for hydroxylation is 1. The second kappa shape index (κ2) is 13.8. The van der Waals surface area contributed by atoms with Crippen LogP contribution in [0.25, 0.3) is 0 Å². The molecule has 3 aromatic rings. The van der Waals surface area contributed by atoms with Crippen molar-refractivity contribution >= 4 is 17.7 Å². The van der Waals surface area contributed by atoms with Crippen molar-refractivity contribution in [2.24, 2.45) is 5.92 Å². The van der Waals surface area contributed by atoms with Crippen LogP contribution in [0.1, 0.15) is 30.0 Å². The Hall–Kier alpha value is -4.67. The van der Waals surface area contributed by atoms with Gasteiger partial charge in [0.1, 0.15) is 11.5 Å². The van der Waals surface area contributed by atoms with Crippen molar-refractivity contribution in [3.8, 4) is 11.5 Å². The lowest BCUT2D eigenvalue weighted by atomic mass is 9.88. The number of carbonyl (C=O) groups excluding carboxylic acids is 3. The number of H-pyrrole nitrogens is 1. The second-order valence-corrected chi connectivity index (χ2v) is 10.5. The summed E-state index contributed by atoms with van der Waals surface area (Å²) in [5, 5.41) is 9.37. The fraction of sp³-hybridized carbons (Fsp3) is 0.387. The van der Waals surface area contributed by atoms with E-state index in [0.717, 1.165) is 5.56 Å². The highest BCUT2D eigenvalue weighted by Gasteiger charge is 2.40. The first-order valence-corrected chi connectivity index (χ1v) is 14.2. The van der Waals surface area contributed by atoms with Gasteiger partial charge in [0.15, 0.2) is 6.61 Å². The summed E-state index contributed by atoms with van der Waals surface area (Å²) in [7, 11) is 0. The van der Waals surface area contributed by atoms with E-state index in [2.05, 4.69) is 15.5 Å². The van der Waals surface area contributed by atoms with Gasteiger partial charge >= 0.3 is 0 Å². The zero-order valence-corrected chi connectivity index (χ0v) is 23.4. The van der Waals surface area contributed by atoms with E-state index in [-0.39, 0.29) is 55.3 Å². The molecular formula is C31H35N5O6. The van der Waals surface area contributed by atoms with Crippen LogP contribution in [0.3, 0.4) is 0 Å². The standard InChI is InChI=1S/C31H35N5O6/c37-28-12-10-23(33-34-28)11-13-29(38)35-15-5-17-41-25-9-4-6-22(18-25)26-19-36(20-27(26)31(40)32-14-16-35)30(39)21-42-24-7-2-1-3-8-24/h1-4,6-10,12,18,26-27H,5,11,13-17,19-21H2,(H,32,40)(H,34,37)/t26-,27+/m1/s1. The molecule has 0 spiro atoms. The van der Waals surface area contributed by atoms with Crippen LogP contribution in [0.2, 0.25) is 0 Å². The number of ether oxygens (including phenoxy) is 2. The molecule has 0 radical (unpaired) electrons. The SMILES string of the molecule is O=C1NCCN(C(=O)CCc2ccc(=O)[nH]n2)CCCOc2cccc(c2)[C@H]2CN(C(=O)COc3ccccc3)C[C@H]12. The minimum atomic E-state index is -0.459. The number of fused-ring (bicyclic) bond motifs is 4. The summed E-state index contributed by atoms with van der Waals surface area (Å²) in [6.07, 6.45) is 1.24. The van der Waals surface area contributed by atoms with Gasteiger partial charge in [-0.15, -0.1) is 0 Å². The first-order valence-electron chi connectivity index (χ1n) is 14.2. The van der Waals surface area contributed by atoms with Gasteiger partial charge in [-0.05, 0) is 42.3 Å². The summed E-state index contributed by atoms with van der Waals surface area (Å²) < 4.78 is 11.7. The third-order valence-corrected chi connectivity index (χ3v) is 7.61. The van der Waals surface area contributed by atoms with Crippen LogP contribution < -0.4 is 20.3 Å². The third-order valence-electron chi connectivity index (χ3n) is 7.61. The average Bonchev–Trinajstić information content (AvgIpc) is 3.47. The maximum Gasteiger partial charge on any atom is 0.264 e. The molecule has 2 aliphatic heterocycles. The lowest BCUT2D eigenvalue weighted by molar-refractivity contribution is -0.133. The fourth-order valence-corrected chi connectivity index (χ4v) is 5.36. The van der Waals surface area contributed by atoms with Crippen molar-refractivity contribution in [1.82, 2.24) is 25.3 Å². The lowest BCUT2D eigenvalue weighted by Crippen LogP contribution is -2.42. The molecule has 11 heteroatoms. The predicted octanol–water partition coefficient (Wildman–Crippen LogP) is 1.75. The van der Waals surface area contributed by atoms with Crippen LogP contribution in [-0.2, 0) is 20.8 Å². The van der Waals surface area contributed by atoms with Crippen molar-refractivity contribution < 1.29 is 23.9 Å². The molecule has 2 aliphatic rings. The minimum absolute atomic E-state index is 0.0692. The van der Waals surface area contributed by atoms with E-state index in [0.29, 0.717) is 56.3 Å². The molecule has 2 bridgehead atoms. The Morgan fingerprint density at radius 3 is 2.57 bits per heavy atom. The van der Waals surface area contributed by atoms with Crippen molar-refractivity contribution in [2.75, 3.05) is 45.9 Å². The molecule has 3 amide bonds. The Bertz CT molecular complexity index is 1420. The van der Waals surface area contributed by atoms with E-state index in [1.165, 1.54) is 6.07 Å². The van der Waals surface area contributed by atoms with Gasteiger partial charge < -0.3 is 24.6 Å². The number of likely N-dealkylation sites (tertiary alicyclic amines) is 1. The highest BCUT2D eigenvalue weighted by Crippen LogP contribution is 2.34. The van der Waals surface area contributed by atoms with E-state index in [1.54, 1.807) is 28.0 Å². The van der Waals surface area contributed by atoms with E-state index in [4.69, 9.17) is 9.47 Å². The number of carbonyl (C=O) groups is 3. The molecule has 1 fully saturated rings. The van der Waals surface area contributed by atoms with Crippen LogP contribution in [0.4, 0.5) is 0 Å². The summed E-state index contributed by atoms with van der Waals surface area (Å²) in [5.74, 6) is 0.216. The van der Waals surface area contributed by atoms with E-state index in [9.17, 15) is 19.2 Å². The molecule has 42 heavy (non-hydrogen) atoms. The second-order valence-electron chi connectivity index (χ2n) is 10.5. The Labute approximate surface area is 243 Å². The average molecular weight is 574 g/mol. The predicted molar refractivity (Wildman–Crippen MR) is 154 cm³/mol. The fourth-order valence-electron chi connectivity index (χ4n) is 5.36. The number of aromatic amines is 1. The largest absolute Gasteiger partial charge is 0.494 e. The molecule has 0 saturated carbocycles. The molecule has 1 aromatic heterocycles. The summed E-state index contributed by atoms with van der Waals surface area (Å²) in [5.41, 5.74) is 1.28. The van der Waals surface area contributed by atoms with Crippen LogP contribution in [0.5, 0.6) is 11.5 Å². The van der Waals surface area contributed by atoms with E-state index >= 15 is 0 Å². The zero-order valence-electron chi connectivity index (χ0n) is 23.4. The van der Waals surface area contributed by atoms with Crippen LogP contribution in [-0.4, -0.2) is 83.7 Å². The topological polar surface area (TPSA) is 134 Å². The molecule has 3 heterocycles. The molecular weight excluding hydrogens is 538 g/mol. The molecule has 220 valence electrons. The monoisotopic (exact) mass is 573 g/mol. The normalized spacial score (nSPS) is 19.2. The molecule has 0 aliphatic carbocycles. The highest BCUT2D eigenvalue weighted by atomic mass is 16.5. The highest BCUT2D eigenvalue weighted by molar-refractivity contribution is 5.84. The summed E-state index contributed by atoms with van der Waals surface area (Å²) in [4.78, 5) is 54.3. The summed E-state index contributed by atoms with van der Waals surface area (Å²) in [6.45, 7) is 2.09. The number of rotatable bonds is 6. The van der Waals surface area contributed by atoms with Gasteiger partial charge in [-0.25, -0.2) is 5.10 Å². The van der Waals surface area contributed by atoms with Crippen LogP contribution in [0, 0.1) is 5.92 Å². The summed E-state index contributed by atoms with van der Waals surface area (Å²) >= 11 is 0. The van der Waals surface area contributed by atoms with Gasteiger partial charge in [0.05, 0.1) is 18.2 Å². The molecule has 2 atom stereocenters. The van der Waals surface area contributed by atoms with Gasteiger partial charge in [-0.2, -0.15) is 5.10 Å². The smallest absolute Gasteiger partial charge is 0.264 e. The summed E-state index contributed by atoms with van der Waals surface area (Å²) in [6, 6.07) is 19.8. The van der Waals surface area contributed by atoms with Gasteiger partial charge in [-0.3, -0.25) is 19.2 Å². The minimum Gasteiger partial charge on any atom is -0.494 e. The number of para-hydroxylation sites is 1. The molecule has 5 rings (SSSR count). The molecule has 2 N–H and O–H groups in total. The van der Waals surface area contributed by atoms with Crippen molar-refractivity contribution in [3.05, 3.63) is 88.3 Å². The van der Waals surface area contributed by atoms with Crippen LogP contribution in [0.15, 0.2) is 71.5 Å².